The minimum Gasteiger partial charge on any atom is -0.494 e. The molecule has 1 atom stereocenters. The number of hydrogen-bond acceptors (Lipinski definition) is 6. The van der Waals surface area contributed by atoms with E-state index in [9.17, 15) is 0 Å². The molecule has 1 aliphatic heterocycles. The van der Waals surface area contributed by atoms with Gasteiger partial charge in [-0.25, -0.2) is 9.97 Å². The maximum absolute atomic E-state index is 5.86. The molecule has 0 spiro atoms. The number of anilines is 2. The molecule has 2 aromatic heterocycles. The minimum absolute atomic E-state index is 0.602. The highest BCUT2D eigenvalue weighted by molar-refractivity contribution is 7.13. The predicted molar refractivity (Wildman–Crippen MR) is 111 cm³/mol. The number of thiophene rings is 1. The van der Waals surface area contributed by atoms with Crippen molar-refractivity contribution < 1.29 is 4.74 Å². The van der Waals surface area contributed by atoms with Crippen LogP contribution < -0.4 is 15.4 Å². The Morgan fingerprint density at radius 1 is 1.26 bits per heavy atom. The highest BCUT2D eigenvalue weighted by atomic mass is 32.1. The van der Waals surface area contributed by atoms with Gasteiger partial charge in [0.25, 0.3) is 0 Å². The van der Waals surface area contributed by atoms with Gasteiger partial charge in [0.2, 0.25) is 5.95 Å². The quantitative estimate of drug-likeness (QED) is 0.618. The largest absolute Gasteiger partial charge is 0.494 e. The van der Waals surface area contributed by atoms with Gasteiger partial charge in [0.05, 0.1) is 17.2 Å². The lowest BCUT2D eigenvalue weighted by atomic mass is 10.2. The van der Waals surface area contributed by atoms with E-state index in [0.717, 1.165) is 47.1 Å². The Labute approximate surface area is 163 Å². The van der Waals surface area contributed by atoms with Crippen LogP contribution in [0.3, 0.4) is 0 Å². The Balaban J connectivity index is 1.36. The van der Waals surface area contributed by atoms with Gasteiger partial charge in [-0.15, -0.1) is 11.3 Å². The molecule has 3 heterocycles. The van der Waals surface area contributed by atoms with Crippen LogP contribution in [0.5, 0.6) is 5.75 Å². The van der Waals surface area contributed by atoms with E-state index < -0.39 is 0 Å². The van der Waals surface area contributed by atoms with Gasteiger partial charge in [0.1, 0.15) is 5.75 Å². The Hall–Kier alpha value is -2.44. The van der Waals surface area contributed by atoms with E-state index in [1.165, 1.54) is 12.8 Å². The summed E-state index contributed by atoms with van der Waals surface area (Å²) in [6.45, 7) is 3.92. The molecule has 4 rings (SSSR count). The van der Waals surface area contributed by atoms with Crippen molar-refractivity contribution in [2.75, 3.05) is 18.5 Å². The second-order valence-electron chi connectivity index (χ2n) is 6.78. The van der Waals surface area contributed by atoms with Crippen LogP contribution in [0.2, 0.25) is 0 Å². The van der Waals surface area contributed by atoms with E-state index >= 15 is 0 Å². The first-order chi connectivity index (χ1) is 13.3. The van der Waals surface area contributed by atoms with Crippen molar-refractivity contribution in [3.8, 4) is 16.3 Å². The van der Waals surface area contributed by atoms with E-state index in [4.69, 9.17) is 4.74 Å². The summed E-state index contributed by atoms with van der Waals surface area (Å²) in [5.41, 5.74) is 2.99. The maximum atomic E-state index is 5.86. The molecule has 1 fully saturated rings. The van der Waals surface area contributed by atoms with Crippen LogP contribution in [-0.4, -0.2) is 29.2 Å². The zero-order valence-corrected chi connectivity index (χ0v) is 16.3. The lowest BCUT2D eigenvalue weighted by Crippen LogP contribution is -2.23. The number of nitrogens with zero attached hydrogens (tertiary/aromatic N) is 2. The normalized spacial score (nSPS) is 16.4. The molecule has 0 radical (unpaired) electrons. The van der Waals surface area contributed by atoms with Gasteiger partial charge in [-0.1, -0.05) is 6.07 Å². The van der Waals surface area contributed by atoms with Crippen LogP contribution in [0, 0.1) is 6.92 Å². The molecule has 3 aromatic rings. The number of aryl methyl sites for hydroxylation is 1. The average molecular weight is 381 g/mol. The molecule has 0 saturated carbocycles. The number of aromatic nitrogens is 2. The number of nitrogens with one attached hydrogen (secondary N) is 2. The molecule has 2 N–H and O–H groups in total. The van der Waals surface area contributed by atoms with Crippen LogP contribution >= 0.6 is 11.3 Å². The second kappa shape index (κ2) is 8.50. The van der Waals surface area contributed by atoms with Gasteiger partial charge in [0.15, 0.2) is 0 Å². The topological polar surface area (TPSA) is 59.1 Å². The first-order valence-corrected chi connectivity index (χ1v) is 10.3. The fraction of sp³-hybridized carbons (Fsp3) is 0.333. The Morgan fingerprint density at radius 2 is 2.15 bits per heavy atom. The zero-order valence-electron chi connectivity index (χ0n) is 15.4. The number of hydrogen-bond donors (Lipinski definition) is 2. The van der Waals surface area contributed by atoms with Crippen molar-refractivity contribution in [1.82, 2.24) is 15.3 Å². The van der Waals surface area contributed by atoms with Crippen molar-refractivity contribution in [3.05, 3.63) is 53.5 Å². The summed E-state index contributed by atoms with van der Waals surface area (Å²) in [5, 5.41) is 8.83. The number of rotatable bonds is 7. The molecule has 1 unspecified atom stereocenters. The van der Waals surface area contributed by atoms with E-state index in [0.29, 0.717) is 12.0 Å². The van der Waals surface area contributed by atoms with E-state index in [2.05, 4.69) is 32.0 Å². The van der Waals surface area contributed by atoms with Crippen molar-refractivity contribution in [2.24, 2.45) is 0 Å². The van der Waals surface area contributed by atoms with E-state index in [-0.39, 0.29) is 0 Å². The lowest BCUT2D eigenvalue weighted by Gasteiger charge is -2.12. The summed E-state index contributed by atoms with van der Waals surface area (Å²) >= 11 is 1.68. The van der Waals surface area contributed by atoms with Gasteiger partial charge in [-0.3, -0.25) is 0 Å². The third-order valence-corrected chi connectivity index (χ3v) is 5.61. The smallest absolute Gasteiger partial charge is 0.227 e. The first kappa shape index (κ1) is 17.9. The highest BCUT2D eigenvalue weighted by Gasteiger charge is 2.13. The van der Waals surface area contributed by atoms with E-state index in [1.54, 1.807) is 11.3 Å². The molecule has 0 aliphatic carbocycles. The molecule has 140 valence electrons. The molecular weight excluding hydrogens is 356 g/mol. The summed E-state index contributed by atoms with van der Waals surface area (Å²) in [6.07, 6.45) is 5.46. The molecular formula is C21H24N4OS. The summed E-state index contributed by atoms with van der Waals surface area (Å²) in [7, 11) is 0. The van der Waals surface area contributed by atoms with E-state index in [1.807, 2.05) is 43.5 Å². The van der Waals surface area contributed by atoms with Gasteiger partial charge in [-0.2, -0.15) is 0 Å². The van der Waals surface area contributed by atoms with Gasteiger partial charge < -0.3 is 15.4 Å². The summed E-state index contributed by atoms with van der Waals surface area (Å²) in [6, 6.07) is 12.7. The third-order valence-electron chi connectivity index (χ3n) is 4.73. The lowest BCUT2D eigenvalue weighted by molar-refractivity contribution is 0.292. The van der Waals surface area contributed by atoms with Crippen LogP contribution in [-0.2, 0) is 0 Å². The fourth-order valence-corrected chi connectivity index (χ4v) is 4.03. The predicted octanol–water partition coefficient (Wildman–Crippen LogP) is 4.78. The third kappa shape index (κ3) is 4.64. The van der Waals surface area contributed by atoms with Crippen molar-refractivity contribution in [1.29, 1.82) is 0 Å². The van der Waals surface area contributed by atoms with Gasteiger partial charge >= 0.3 is 0 Å². The second-order valence-corrected chi connectivity index (χ2v) is 7.73. The molecule has 0 amide bonds. The first-order valence-electron chi connectivity index (χ1n) is 9.39. The monoisotopic (exact) mass is 380 g/mol. The average Bonchev–Trinajstić information content (AvgIpc) is 3.39. The maximum Gasteiger partial charge on any atom is 0.227 e. The Kier molecular flexibility index (Phi) is 5.65. The zero-order chi connectivity index (χ0) is 18.5. The molecule has 1 saturated heterocycles. The van der Waals surface area contributed by atoms with Gasteiger partial charge in [-0.05, 0) is 74.0 Å². The fourth-order valence-electron chi connectivity index (χ4n) is 3.25. The molecule has 6 heteroatoms. The molecule has 1 aliphatic rings. The molecule has 5 nitrogen and oxygen atoms in total. The molecule has 0 bridgehead atoms. The standard InChI is InChI=1S/C21H24N4OS/c1-15-14-23-21(25-20(15)19-5-3-13-27-19)24-17-6-8-18(9-7-17)26-12-10-16-4-2-11-22-16/h3,5-9,13-14,16,22H,2,4,10-12H2,1H3,(H,23,24,25). The number of benzene rings is 1. The minimum atomic E-state index is 0.602. The van der Waals surface area contributed by atoms with Gasteiger partial charge in [0, 0.05) is 17.9 Å². The van der Waals surface area contributed by atoms with Crippen LogP contribution in [0.4, 0.5) is 11.6 Å². The van der Waals surface area contributed by atoms with Crippen LogP contribution in [0.25, 0.3) is 10.6 Å². The Bertz CT molecular complexity index is 858. The summed E-state index contributed by atoms with van der Waals surface area (Å²) in [4.78, 5) is 10.2. The van der Waals surface area contributed by atoms with Crippen molar-refractivity contribution in [2.45, 2.75) is 32.2 Å². The van der Waals surface area contributed by atoms with Crippen LogP contribution in [0.15, 0.2) is 48.0 Å². The summed E-state index contributed by atoms with van der Waals surface area (Å²) < 4.78 is 5.86. The van der Waals surface area contributed by atoms with Crippen molar-refractivity contribution >= 4 is 23.0 Å². The molecule has 1 aromatic carbocycles. The Morgan fingerprint density at radius 3 is 2.89 bits per heavy atom. The highest BCUT2D eigenvalue weighted by Crippen LogP contribution is 2.27. The molecule has 27 heavy (non-hydrogen) atoms. The number of ether oxygens (including phenoxy) is 1. The van der Waals surface area contributed by atoms with Crippen molar-refractivity contribution in [3.63, 3.8) is 0 Å². The summed E-state index contributed by atoms with van der Waals surface area (Å²) in [5.74, 6) is 1.49. The van der Waals surface area contributed by atoms with Crippen LogP contribution in [0.1, 0.15) is 24.8 Å². The SMILES string of the molecule is Cc1cnc(Nc2ccc(OCCC3CCCN3)cc2)nc1-c1cccs1.